The second-order valence-corrected chi connectivity index (χ2v) is 10.7. The molecular formula is C27H24F4N6O3. The molecule has 40 heavy (non-hydrogen) atoms. The number of alkyl halides is 1. The molecule has 3 atom stereocenters. The standard InChI is InChI=1S/C27H24F4N6O3/c1-26(2,31)10-19(36(3)23(38)18-7-14-16(28)8-17(29)20(30)21(14)34-18)24(39)37-12-27(9-13(37)11-32)15-5-4-6-33-22(15)35-25(27)40/h4-8,13,19,34H,9-10,12H2,1-3H3,(H,33,35,40)/t13-,19-,27-/m0/s1. The summed E-state index contributed by atoms with van der Waals surface area (Å²) < 4.78 is 57.2. The van der Waals surface area contributed by atoms with Crippen LogP contribution in [0.15, 0.2) is 30.5 Å². The smallest absolute Gasteiger partial charge is 0.270 e. The number of nitriles is 1. The predicted octanol–water partition coefficient (Wildman–Crippen LogP) is 3.57. The Morgan fingerprint density at radius 3 is 2.70 bits per heavy atom. The number of aromatic amines is 1. The van der Waals surface area contributed by atoms with Gasteiger partial charge >= 0.3 is 0 Å². The van der Waals surface area contributed by atoms with Gasteiger partial charge in [-0.1, -0.05) is 6.07 Å². The lowest BCUT2D eigenvalue weighted by atomic mass is 9.80. The number of rotatable bonds is 5. The molecule has 3 amide bonds. The lowest BCUT2D eigenvalue weighted by Gasteiger charge is -2.34. The molecule has 1 fully saturated rings. The fourth-order valence-electron chi connectivity index (χ4n) is 5.53. The van der Waals surface area contributed by atoms with E-state index in [2.05, 4.69) is 15.3 Å². The van der Waals surface area contributed by atoms with E-state index in [-0.39, 0.29) is 24.0 Å². The number of amides is 3. The van der Waals surface area contributed by atoms with Crippen molar-refractivity contribution < 1.29 is 31.9 Å². The third kappa shape index (κ3) is 4.24. The van der Waals surface area contributed by atoms with Crippen LogP contribution >= 0.6 is 0 Å². The number of fused-ring (bicyclic) bond motifs is 3. The van der Waals surface area contributed by atoms with Gasteiger partial charge in [-0.3, -0.25) is 14.4 Å². The lowest BCUT2D eigenvalue weighted by molar-refractivity contribution is -0.137. The molecule has 1 saturated heterocycles. The Bertz CT molecular complexity index is 1610. The number of likely N-dealkylation sites (tertiary alicyclic amines) is 1. The minimum Gasteiger partial charge on any atom is -0.348 e. The number of nitrogens with one attached hydrogen (secondary N) is 2. The maximum absolute atomic E-state index is 15.0. The number of carbonyl (C=O) groups is 3. The number of nitrogens with zero attached hydrogens (tertiary/aromatic N) is 4. The molecule has 2 aromatic heterocycles. The highest BCUT2D eigenvalue weighted by Gasteiger charge is 2.57. The zero-order valence-corrected chi connectivity index (χ0v) is 21.7. The van der Waals surface area contributed by atoms with Crippen LogP contribution in [0.4, 0.5) is 23.4 Å². The molecule has 2 aliphatic heterocycles. The Balaban J connectivity index is 1.50. The SMILES string of the molecule is CN(C(=O)c1cc2c(F)cc(F)c(F)c2[nH]1)[C@@H](CC(C)(C)F)C(=O)N1C[C@]2(C[C@H]1C#N)C(=O)Nc1ncccc12. The molecule has 0 saturated carbocycles. The van der Waals surface area contributed by atoms with Crippen molar-refractivity contribution in [3.8, 4) is 6.07 Å². The van der Waals surface area contributed by atoms with E-state index in [1.54, 1.807) is 12.1 Å². The summed E-state index contributed by atoms with van der Waals surface area (Å²) in [5, 5.41) is 12.2. The van der Waals surface area contributed by atoms with Crippen molar-refractivity contribution in [2.45, 2.75) is 49.9 Å². The van der Waals surface area contributed by atoms with Gasteiger partial charge in [0, 0.05) is 49.6 Å². The second-order valence-electron chi connectivity index (χ2n) is 10.7. The molecule has 0 unspecified atom stereocenters. The number of likely N-dealkylation sites (N-methyl/N-ethyl adjacent to an activating group) is 1. The minimum atomic E-state index is -1.96. The molecule has 1 aromatic carbocycles. The maximum Gasteiger partial charge on any atom is 0.270 e. The van der Waals surface area contributed by atoms with Gasteiger partial charge in [0.2, 0.25) is 11.8 Å². The lowest BCUT2D eigenvalue weighted by Crippen LogP contribution is -2.53. The van der Waals surface area contributed by atoms with Gasteiger partial charge in [-0.05, 0) is 26.0 Å². The molecule has 0 bridgehead atoms. The number of H-pyrrole nitrogens is 1. The highest BCUT2D eigenvalue weighted by atomic mass is 19.2. The van der Waals surface area contributed by atoms with Crippen molar-refractivity contribution in [3.63, 3.8) is 0 Å². The summed E-state index contributed by atoms with van der Waals surface area (Å²) in [6.45, 7) is 2.21. The Kier molecular flexibility index (Phi) is 6.32. The number of halogens is 4. The van der Waals surface area contributed by atoms with Gasteiger partial charge in [0.05, 0.1) is 17.0 Å². The fraction of sp³-hybridized carbons (Fsp3) is 0.370. The predicted molar refractivity (Wildman–Crippen MR) is 134 cm³/mol. The van der Waals surface area contributed by atoms with E-state index in [0.717, 1.165) is 15.9 Å². The van der Waals surface area contributed by atoms with Crippen molar-refractivity contribution >= 4 is 34.4 Å². The first-order valence-corrected chi connectivity index (χ1v) is 12.4. The highest BCUT2D eigenvalue weighted by molar-refractivity contribution is 6.06. The first-order chi connectivity index (χ1) is 18.8. The van der Waals surface area contributed by atoms with Crippen molar-refractivity contribution in [1.29, 1.82) is 5.26 Å². The van der Waals surface area contributed by atoms with Crippen LogP contribution in [-0.4, -0.2) is 68.8 Å². The van der Waals surface area contributed by atoms with E-state index < -0.39 is 70.3 Å². The number of anilines is 1. The van der Waals surface area contributed by atoms with E-state index in [0.29, 0.717) is 17.4 Å². The highest BCUT2D eigenvalue weighted by Crippen LogP contribution is 2.46. The summed E-state index contributed by atoms with van der Waals surface area (Å²) in [4.78, 5) is 49.0. The molecule has 0 radical (unpaired) electrons. The molecule has 2 N–H and O–H groups in total. The molecule has 2 aliphatic rings. The number of benzene rings is 1. The van der Waals surface area contributed by atoms with E-state index in [9.17, 15) is 37.2 Å². The number of aromatic nitrogens is 2. The van der Waals surface area contributed by atoms with Crippen LogP contribution in [0.2, 0.25) is 0 Å². The van der Waals surface area contributed by atoms with Gasteiger partial charge in [-0.2, -0.15) is 5.26 Å². The summed E-state index contributed by atoms with van der Waals surface area (Å²) in [7, 11) is 1.21. The molecule has 3 aromatic rings. The third-order valence-corrected chi connectivity index (χ3v) is 7.52. The molecule has 208 valence electrons. The molecule has 1 spiro atoms. The van der Waals surface area contributed by atoms with Crippen molar-refractivity contribution in [3.05, 3.63) is 59.2 Å². The van der Waals surface area contributed by atoms with Crippen LogP contribution in [-0.2, 0) is 15.0 Å². The summed E-state index contributed by atoms with van der Waals surface area (Å²) in [5.41, 5.74) is -3.63. The average Bonchev–Trinajstić information content (AvgIpc) is 3.59. The maximum atomic E-state index is 15.0. The summed E-state index contributed by atoms with van der Waals surface area (Å²) in [6.07, 6.45) is 0.973. The van der Waals surface area contributed by atoms with E-state index in [1.165, 1.54) is 27.1 Å². The average molecular weight is 557 g/mol. The van der Waals surface area contributed by atoms with Crippen LogP contribution in [0, 0.1) is 28.8 Å². The number of pyridine rings is 1. The minimum absolute atomic E-state index is 0.0324. The third-order valence-electron chi connectivity index (χ3n) is 7.52. The Hall–Kier alpha value is -4.47. The van der Waals surface area contributed by atoms with Crippen molar-refractivity contribution in [1.82, 2.24) is 19.8 Å². The normalized spacial score (nSPS) is 20.9. The molecule has 9 nitrogen and oxygen atoms in total. The summed E-state index contributed by atoms with van der Waals surface area (Å²) in [5.74, 6) is -5.76. The number of hydrogen-bond acceptors (Lipinski definition) is 5. The second kappa shape index (κ2) is 9.32. The van der Waals surface area contributed by atoms with Crippen molar-refractivity contribution in [2.75, 3.05) is 18.9 Å². The summed E-state index contributed by atoms with van der Waals surface area (Å²) in [6, 6.07) is 4.13. The topological polar surface area (TPSA) is 122 Å². The molecule has 0 aliphatic carbocycles. The monoisotopic (exact) mass is 556 g/mol. The number of hydrogen-bond donors (Lipinski definition) is 2. The first-order valence-electron chi connectivity index (χ1n) is 12.4. The Labute approximate surface area is 225 Å². The van der Waals surface area contributed by atoms with Crippen LogP contribution < -0.4 is 5.32 Å². The quantitative estimate of drug-likeness (QED) is 0.368. The van der Waals surface area contributed by atoms with Crippen molar-refractivity contribution in [2.24, 2.45) is 0 Å². The van der Waals surface area contributed by atoms with Crippen LogP contribution in [0.5, 0.6) is 0 Å². The number of carbonyl (C=O) groups excluding carboxylic acids is 3. The van der Waals surface area contributed by atoms with Gasteiger partial charge in [-0.25, -0.2) is 22.5 Å². The van der Waals surface area contributed by atoms with Crippen LogP contribution in [0.1, 0.15) is 42.7 Å². The first kappa shape index (κ1) is 27.1. The van der Waals surface area contributed by atoms with Gasteiger partial charge in [-0.15, -0.1) is 0 Å². The van der Waals surface area contributed by atoms with Gasteiger partial charge in [0.25, 0.3) is 5.91 Å². The summed E-state index contributed by atoms with van der Waals surface area (Å²) >= 11 is 0. The zero-order chi connectivity index (χ0) is 29.1. The molecule has 13 heteroatoms. The van der Waals surface area contributed by atoms with E-state index >= 15 is 0 Å². The van der Waals surface area contributed by atoms with E-state index in [4.69, 9.17) is 0 Å². The van der Waals surface area contributed by atoms with Crippen LogP contribution in [0.3, 0.4) is 0 Å². The zero-order valence-electron chi connectivity index (χ0n) is 21.7. The van der Waals surface area contributed by atoms with E-state index in [1.807, 2.05) is 6.07 Å². The van der Waals surface area contributed by atoms with Gasteiger partial charge in [0.15, 0.2) is 11.6 Å². The largest absolute Gasteiger partial charge is 0.348 e. The molecule has 4 heterocycles. The van der Waals surface area contributed by atoms with Gasteiger partial charge < -0.3 is 20.1 Å². The Morgan fingerprint density at radius 2 is 2.02 bits per heavy atom. The fourth-order valence-corrected chi connectivity index (χ4v) is 5.53. The molecule has 5 rings (SSSR count). The van der Waals surface area contributed by atoms with Crippen LogP contribution in [0.25, 0.3) is 10.9 Å². The van der Waals surface area contributed by atoms with Gasteiger partial charge in [0.1, 0.15) is 35.1 Å². The Morgan fingerprint density at radius 1 is 1.30 bits per heavy atom. The molecular weight excluding hydrogens is 532 g/mol.